The van der Waals surface area contributed by atoms with Gasteiger partial charge in [0, 0.05) is 30.9 Å². The van der Waals surface area contributed by atoms with Crippen molar-refractivity contribution in [1.29, 1.82) is 0 Å². The van der Waals surface area contributed by atoms with Gasteiger partial charge in [-0.2, -0.15) is 5.10 Å². The van der Waals surface area contributed by atoms with E-state index in [1.165, 1.54) is 11.1 Å². The highest BCUT2D eigenvalue weighted by Gasteiger charge is 2.46. The predicted octanol–water partition coefficient (Wildman–Crippen LogP) is 2.71. The maximum atomic E-state index is 9.90. The monoisotopic (exact) mass is 402 g/mol. The smallest absolute Gasteiger partial charge is 0.152 e. The standard InChI is InChI=1S/C23H26N6O/c24-21-19-4-2-1-3-17(19)11-23(21)7-9-29(10-8-23)22-20(15-30)28-18(14-25-22)6-5-16-12-26-27-13-16/h1-6,12-14,21,30H,7-11,15,24H2,(H,26,27)/b6-5-/t21-/m1/s1. The number of aromatic nitrogens is 4. The molecule has 2 aliphatic rings. The maximum absolute atomic E-state index is 9.90. The summed E-state index contributed by atoms with van der Waals surface area (Å²) >= 11 is 0. The zero-order valence-electron chi connectivity index (χ0n) is 16.8. The molecule has 0 unspecified atom stereocenters. The molecule has 0 saturated carbocycles. The van der Waals surface area contributed by atoms with E-state index >= 15 is 0 Å². The highest BCUT2D eigenvalue weighted by molar-refractivity contribution is 5.67. The number of piperidine rings is 1. The van der Waals surface area contributed by atoms with Gasteiger partial charge in [-0.1, -0.05) is 24.3 Å². The Bertz CT molecular complexity index is 1050. The van der Waals surface area contributed by atoms with Crippen LogP contribution in [-0.2, 0) is 13.0 Å². The van der Waals surface area contributed by atoms with Gasteiger partial charge in [0.25, 0.3) is 0 Å². The van der Waals surface area contributed by atoms with Crippen molar-refractivity contribution >= 4 is 18.0 Å². The lowest BCUT2D eigenvalue weighted by Crippen LogP contribution is -2.45. The maximum Gasteiger partial charge on any atom is 0.152 e. The lowest BCUT2D eigenvalue weighted by atomic mass is 9.73. The molecule has 1 atom stereocenters. The third kappa shape index (κ3) is 3.30. The summed E-state index contributed by atoms with van der Waals surface area (Å²) in [6.45, 7) is 1.60. The summed E-state index contributed by atoms with van der Waals surface area (Å²) in [6.07, 6.45) is 12.2. The van der Waals surface area contributed by atoms with Crippen LogP contribution in [0.4, 0.5) is 5.82 Å². The molecule has 0 amide bonds. The summed E-state index contributed by atoms with van der Waals surface area (Å²) in [7, 11) is 0. The highest BCUT2D eigenvalue weighted by Crippen LogP contribution is 2.50. The van der Waals surface area contributed by atoms with Gasteiger partial charge in [0.05, 0.1) is 24.7 Å². The number of hydrogen-bond donors (Lipinski definition) is 3. The van der Waals surface area contributed by atoms with E-state index < -0.39 is 0 Å². The first kappa shape index (κ1) is 19.0. The molecule has 7 heteroatoms. The van der Waals surface area contributed by atoms with Crippen molar-refractivity contribution < 1.29 is 5.11 Å². The number of benzene rings is 1. The fraction of sp³-hybridized carbons (Fsp3) is 0.348. The normalized spacial score (nSPS) is 20.2. The quantitative estimate of drug-likeness (QED) is 0.620. The molecule has 154 valence electrons. The van der Waals surface area contributed by atoms with Crippen LogP contribution >= 0.6 is 0 Å². The molecule has 0 bridgehead atoms. The summed E-state index contributed by atoms with van der Waals surface area (Å²) in [6, 6.07) is 8.66. The van der Waals surface area contributed by atoms with Crippen molar-refractivity contribution in [3.63, 3.8) is 0 Å². The van der Waals surface area contributed by atoms with Crippen LogP contribution in [0, 0.1) is 5.41 Å². The van der Waals surface area contributed by atoms with Crippen molar-refractivity contribution in [3.8, 4) is 0 Å². The van der Waals surface area contributed by atoms with Crippen LogP contribution in [0.2, 0.25) is 0 Å². The molecule has 1 aliphatic heterocycles. The second kappa shape index (κ2) is 7.66. The van der Waals surface area contributed by atoms with Crippen LogP contribution < -0.4 is 10.6 Å². The van der Waals surface area contributed by atoms with Crippen LogP contribution in [0.15, 0.2) is 42.9 Å². The van der Waals surface area contributed by atoms with E-state index in [4.69, 9.17) is 5.73 Å². The van der Waals surface area contributed by atoms with Crippen LogP contribution in [0.25, 0.3) is 12.2 Å². The Morgan fingerprint density at radius 1 is 1.20 bits per heavy atom. The van der Waals surface area contributed by atoms with E-state index in [0.29, 0.717) is 11.4 Å². The molecule has 30 heavy (non-hydrogen) atoms. The van der Waals surface area contributed by atoms with Crippen molar-refractivity contribution in [3.05, 3.63) is 70.9 Å². The molecule has 1 fully saturated rings. The number of aliphatic hydroxyl groups excluding tert-OH is 1. The average Bonchev–Trinajstić information content (AvgIpc) is 3.40. The van der Waals surface area contributed by atoms with E-state index in [1.807, 2.05) is 12.2 Å². The molecule has 2 aromatic heterocycles. The van der Waals surface area contributed by atoms with Gasteiger partial charge in [-0.25, -0.2) is 9.97 Å². The number of nitrogens with two attached hydrogens (primary N) is 1. The summed E-state index contributed by atoms with van der Waals surface area (Å²) in [4.78, 5) is 11.5. The van der Waals surface area contributed by atoms with E-state index in [1.54, 1.807) is 18.6 Å². The molecule has 7 nitrogen and oxygen atoms in total. The molecule has 5 rings (SSSR count). The third-order valence-electron chi connectivity index (χ3n) is 6.61. The summed E-state index contributed by atoms with van der Waals surface area (Å²) < 4.78 is 0. The Morgan fingerprint density at radius 2 is 2.03 bits per heavy atom. The number of hydrogen-bond acceptors (Lipinski definition) is 6. The summed E-state index contributed by atoms with van der Waals surface area (Å²) in [5, 5.41) is 16.6. The molecular weight excluding hydrogens is 376 g/mol. The number of aliphatic hydroxyl groups is 1. The van der Waals surface area contributed by atoms with Gasteiger partial charge in [-0.15, -0.1) is 0 Å². The first-order valence-corrected chi connectivity index (χ1v) is 10.4. The molecule has 1 spiro atoms. The summed E-state index contributed by atoms with van der Waals surface area (Å²) in [5.41, 5.74) is 11.8. The average molecular weight is 403 g/mol. The van der Waals surface area contributed by atoms with Crippen LogP contribution in [0.5, 0.6) is 0 Å². The van der Waals surface area contributed by atoms with E-state index in [9.17, 15) is 5.11 Å². The van der Waals surface area contributed by atoms with Crippen LogP contribution in [0.3, 0.4) is 0 Å². The number of nitrogens with one attached hydrogen (secondary N) is 1. The van der Waals surface area contributed by atoms with Crippen molar-refractivity contribution in [1.82, 2.24) is 20.2 Å². The Labute approximate surface area is 175 Å². The minimum absolute atomic E-state index is 0.0923. The fourth-order valence-corrected chi connectivity index (χ4v) is 4.89. The fourth-order valence-electron chi connectivity index (χ4n) is 4.89. The van der Waals surface area contributed by atoms with Crippen LogP contribution in [-0.4, -0.2) is 38.4 Å². The van der Waals surface area contributed by atoms with Crippen molar-refractivity contribution in [2.24, 2.45) is 11.1 Å². The van der Waals surface area contributed by atoms with Crippen molar-refractivity contribution in [2.45, 2.75) is 31.9 Å². The first-order valence-electron chi connectivity index (χ1n) is 10.4. The van der Waals surface area contributed by atoms with E-state index in [-0.39, 0.29) is 18.1 Å². The molecule has 3 aromatic rings. The minimum Gasteiger partial charge on any atom is -0.390 e. The third-order valence-corrected chi connectivity index (χ3v) is 6.61. The lowest BCUT2D eigenvalue weighted by molar-refractivity contribution is 0.186. The number of aromatic amines is 1. The highest BCUT2D eigenvalue weighted by atomic mass is 16.3. The lowest BCUT2D eigenvalue weighted by Gasteiger charge is -2.42. The molecular formula is C23H26N6O. The summed E-state index contributed by atoms with van der Waals surface area (Å²) in [5.74, 6) is 0.775. The van der Waals surface area contributed by atoms with Gasteiger partial charge in [0.2, 0.25) is 0 Å². The molecule has 0 radical (unpaired) electrons. The van der Waals surface area contributed by atoms with Gasteiger partial charge < -0.3 is 15.7 Å². The first-order chi connectivity index (χ1) is 14.7. The van der Waals surface area contributed by atoms with Gasteiger partial charge in [0.1, 0.15) is 5.69 Å². The van der Waals surface area contributed by atoms with E-state index in [2.05, 4.69) is 49.3 Å². The molecule has 1 aromatic carbocycles. The van der Waals surface area contributed by atoms with Gasteiger partial charge in [-0.3, -0.25) is 5.10 Å². The van der Waals surface area contributed by atoms with E-state index in [0.717, 1.165) is 43.7 Å². The number of fused-ring (bicyclic) bond motifs is 1. The second-order valence-electron chi connectivity index (χ2n) is 8.29. The molecule has 4 N–H and O–H groups in total. The Balaban J connectivity index is 1.31. The Kier molecular flexibility index (Phi) is 4.84. The number of nitrogens with zero attached hydrogens (tertiary/aromatic N) is 4. The molecule has 3 heterocycles. The largest absolute Gasteiger partial charge is 0.390 e. The predicted molar refractivity (Wildman–Crippen MR) is 116 cm³/mol. The van der Waals surface area contributed by atoms with Gasteiger partial charge in [-0.05, 0) is 48.0 Å². The topological polar surface area (TPSA) is 104 Å². The second-order valence-corrected chi connectivity index (χ2v) is 8.29. The van der Waals surface area contributed by atoms with Gasteiger partial charge in [0.15, 0.2) is 5.82 Å². The number of rotatable bonds is 4. The van der Waals surface area contributed by atoms with Gasteiger partial charge >= 0.3 is 0 Å². The Hall–Kier alpha value is -3.03. The molecule has 1 aliphatic carbocycles. The molecule has 1 saturated heterocycles. The zero-order valence-corrected chi connectivity index (χ0v) is 16.8. The van der Waals surface area contributed by atoms with Crippen molar-refractivity contribution in [2.75, 3.05) is 18.0 Å². The minimum atomic E-state index is -0.137. The SMILES string of the molecule is N[C@@H]1c2ccccc2CC12CCN(c1ncc(/C=C\c3cn[nH]c3)nc1CO)CC2. The number of H-pyrrole nitrogens is 1. The van der Waals surface area contributed by atoms with Crippen LogP contribution in [0.1, 0.15) is 47.0 Å². The number of anilines is 1. The Morgan fingerprint density at radius 3 is 2.77 bits per heavy atom. The zero-order chi connectivity index (χ0) is 20.6.